The zero-order chi connectivity index (χ0) is 18.4. The summed E-state index contributed by atoms with van der Waals surface area (Å²) in [5, 5.41) is 12.4. The molecule has 1 heterocycles. The zero-order valence-corrected chi connectivity index (χ0v) is 14.5. The van der Waals surface area contributed by atoms with Gasteiger partial charge < -0.3 is 9.47 Å². The van der Waals surface area contributed by atoms with Gasteiger partial charge in [0.1, 0.15) is 5.75 Å². The molecule has 3 rings (SSSR count). The summed E-state index contributed by atoms with van der Waals surface area (Å²) in [7, 11) is 1.60. The molecule has 0 N–H and O–H groups in total. The predicted molar refractivity (Wildman–Crippen MR) is 97.0 cm³/mol. The van der Waals surface area contributed by atoms with E-state index in [1.807, 2.05) is 54.6 Å². The number of hydrogen-bond acceptors (Lipinski definition) is 6. The molecule has 1 aromatic heterocycles. The third-order valence-corrected chi connectivity index (χ3v) is 3.56. The summed E-state index contributed by atoms with van der Waals surface area (Å²) < 4.78 is 10.3. The van der Waals surface area contributed by atoms with E-state index >= 15 is 0 Å². The Morgan fingerprint density at radius 3 is 2.50 bits per heavy atom. The fourth-order valence-corrected chi connectivity index (χ4v) is 2.28. The summed E-state index contributed by atoms with van der Waals surface area (Å²) in [6.07, 6.45) is 1.66. The van der Waals surface area contributed by atoms with E-state index in [4.69, 9.17) is 9.47 Å². The van der Waals surface area contributed by atoms with Crippen molar-refractivity contribution in [3.8, 4) is 17.1 Å². The molecule has 0 aliphatic carbocycles. The zero-order valence-electron chi connectivity index (χ0n) is 14.5. The second-order valence-corrected chi connectivity index (χ2v) is 5.29. The van der Waals surface area contributed by atoms with E-state index in [0.717, 1.165) is 16.9 Å². The number of nitrogens with zero attached hydrogens (tertiary/aromatic N) is 4. The number of tetrazole rings is 1. The smallest absolute Gasteiger partial charge is 0.358 e. The summed E-state index contributed by atoms with van der Waals surface area (Å²) in [6, 6.07) is 16.7. The Labute approximate surface area is 150 Å². The molecule has 0 bridgehead atoms. The molecule has 0 aliphatic rings. The second kappa shape index (κ2) is 8.06. The SMILES string of the molecule is CCOC(=O)/C(=C/c1ccccc1)n1nnc(-c2ccc(OC)cc2)n1. The van der Waals surface area contributed by atoms with Crippen LogP contribution < -0.4 is 4.74 Å². The average molecular weight is 350 g/mol. The van der Waals surface area contributed by atoms with Crippen LogP contribution in [0.2, 0.25) is 0 Å². The number of hydrogen-bond donors (Lipinski definition) is 0. The number of carbonyl (C=O) groups excluding carboxylic acids is 1. The van der Waals surface area contributed by atoms with Crippen LogP contribution in [-0.2, 0) is 9.53 Å². The van der Waals surface area contributed by atoms with E-state index in [0.29, 0.717) is 5.82 Å². The molecule has 3 aromatic rings. The highest BCUT2D eigenvalue weighted by Crippen LogP contribution is 2.19. The van der Waals surface area contributed by atoms with E-state index in [9.17, 15) is 4.79 Å². The van der Waals surface area contributed by atoms with Crippen molar-refractivity contribution in [3.05, 3.63) is 60.2 Å². The number of ether oxygens (including phenoxy) is 2. The van der Waals surface area contributed by atoms with Crippen LogP contribution in [0.3, 0.4) is 0 Å². The van der Waals surface area contributed by atoms with Gasteiger partial charge in [0.2, 0.25) is 5.82 Å². The Morgan fingerprint density at radius 1 is 1.12 bits per heavy atom. The molecule has 0 spiro atoms. The third kappa shape index (κ3) is 3.94. The summed E-state index contributed by atoms with van der Waals surface area (Å²) in [6.45, 7) is 2.00. The number of methoxy groups -OCH3 is 1. The highest BCUT2D eigenvalue weighted by atomic mass is 16.5. The normalized spacial score (nSPS) is 11.2. The van der Waals surface area contributed by atoms with Gasteiger partial charge in [-0.05, 0) is 48.0 Å². The van der Waals surface area contributed by atoms with Gasteiger partial charge >= 0.3 is 5.97 Å². The Morgan fingerprint density at radius 2 is 1.85 bits per heavy atom. The van der Waals surface area contributed by atoms with Crippen molar-refractivity contribution >= 4 is 17.7 Å². The summed E-state index contributed by atoms with van der Waals surface area (Å²) in [5.41, 5.74) is 1.78. The van der Waals surface area contributed by atoms with Gasteiger partial charge in [0, 0.05) is 5.56 Å². The minimum absolute atomic E-state index is 0.185. The number of rotatable bonds is 6. The molecule has 26 heavy (non-hydrogen) atoms. The molecular weight excluding hydrogens is 332 g/mol. The molecule has 2 aromatic carbocycles. The lowest BCUT2D eigenvalue weighted by Gasteiger charge is -2.05. The Balaban J connectivity index is 1.95. The fraction of sp³-hybridized carbons (Fsp3) is 0.158. The van der Waals surface area contributed by atoms with E-state index in [1.165, 1.54) is 4.80 Å². The lowest BCUT2D eigenvalue weighted by atomic mass is 10.2. The van der Waals surface area contributed by atoms with Crippen molar-refractivity contribution in [2.75, 3.05) is 13.7 Å². The minimum atomic E-state index is -0.518. The van der Waals surface area contributed by atoms with Gasteiger partial charge in [-0.15, -0.1) is 15.0 Å². The van der Waals surface area contributed by atoms with Crippen molar-refractivity contribution in [1.29, 1.82) is 0 Å². The maximum atomic E-state index is 12.3. The molecule has 0 unspecified atom stereocenters. The molecule has 0 amide bonds. The summed E-state index contributed by atoms with van der Waals surface area (Å²) in [5.74, 6) is 0.614. The first-order valence-electron chi connectivity index (χ1n) is 8.10. The van der Waals surface area contributed by atoms with Gasteiger partial charge in [0.25, 0.3) is 0 Å². The molecule has 7 heteroatoms. The summed E-state index contributed by atoms with van der Waals surface area (Å²) in [4.78, 5) is 13.5. The van der Waals surface area contributed by atoms with Gasteiger partial charge in [0.05, 0.1) is 13.7 Å². The maximum absolute atomic E-state index is 12.3. The highest BCUT2D eigenvalue weighted by Gasteiger charge is 2.17. The number of carbonyl (C=O) groups is 1. The first kappa shape index (κ1) is 17.3. The van der Waals surface area contributed by atoms with Gasteiger partial charge in [-0.25, -0.2) is 4.79 Å². The van der Waals surface area contributed by atoms with Crippen molar-refractivity contribution in [2.24, 2.45) is 0 Å². The van der Waals surface area contributed by atoms with E-state index < -0.39 is 5.97 Å². The Kier molecular flexibility index (Phi) is 5.38. The third-order valence-electron chi connectivity index (χ3n) is 3.56. The molecule has 132 valence electrons. The van der Waals surface area contributed by atoms with Gasteiger partial charge in [-0.1, -0.05) is 30.3 Å². The minimum Gasteiger partial charge on any atom is -0.497 e. The van der Waals surface area contributed by atoms with Crippen LogP contribution in [0.25, 0.3) is 23.2 Å². The predicted octanol–water partition coefficient (Wildman–Crippen LogP) is 2.91. The lowest BCUT2D eigenvalue weighted by molar-refractivity contribution is -0.136. The standard InChI is InChI=1S/C19H18N4O3/c1-3-26-19(24)17(13-14-7-5-4-6-8-14)23-21-18(20-22-23)15-9-11-16(25-2)12-10-15/h4-13H,3H2,1-2H3/b17-13-. The van der Waals surface area contributed by atoms with Crippen molar-refractivity contribution in [1.82, 2.24) is 20.2 Å². The summed E-state index contributed by atoms with van der Waals surface area (Å²) >= 11 is 0. The van der Waals surface area contributed by atoms with Crippen molar-refractivity contribution in [3.63, 3.8) is 0 Å². The van der Waals surface area contributed by atoms with Crippen LogP contribution in [0.4, 0.5) is 0 Å². The largest absolute Gasteiger partial charge is 0.497 e. The first-order chi connectivity index (χ1) is 12.7. The van der Waals surface area contributed by atoms with Crippen LogP contribution in [0.5, 0.6) is 5.75 Å². The van der Waals surface area contributed by atoms with Crippen molar-refractivity contribution < 1.29 is 14.3 Å². The van der Waals surface area contributed by atoms with Crippen LogP contribution in [0, 0.1) is 0 Å². The van der Waals surface area contributed by atoms with E-state index in [-0.39, 0.29) is 12.3 Å². The quantitative estimate of drug-likeness (QED) is 0.502. The first-order valence-corrected chi connectivity index (χ1v) is 8.10. The molecule has 7 nitrogen and oxygen atoms in total. The highest BCUT2D eigenvalue weighted by molar-refractivity contribution is 6.14. The topological polar surface area (TPSA) is 79.1 Å². The molecule has 0 aliphatic heterocycles. The van der Waals surface area contributed by atoms with Gasteiger partial charge in [-0.3, -0.25) is 0 Å². The number of aromatic nitrogens is 4. The maximum Gasteiger partial charge on any atom is 0.358 e. The monoisotopic (exact) mass is 350 g/mol. The molecule has 0 radical (unpaired) electrons. The molecule has 0 saturated carbocycles. The van der Waals surface area contributed by atoms with Crippen LogP contribution in [0.1, 0.15) is 12.5 Å². The van der Waals surface area contributed by atoms with Gasteiger partial charge in [-0.2, -0.15) is 0 Å². The van der Waals surface area contributed by atoms with Crippen LogP contribution in [-0.4, -0.2) is 39.9 Å². The average Bonchev–Trinajstić information content (AvgIpc) is 3.17. The Bertz CT molecular complexity index is 902. The molecule has 0 saturated heterocycles. The van der Waals surface area contributed by atoms with Crippen LogP contribution >= 0.6 is 0 Å². The fourth-order valence-electron chi connectivity index (χ4n) is 2.28. The van der Waals surface area contributed by atoms with Crippen molar-refractivity contribution in [2.45, 2.75) is 6.92 Å². The molecule has 0 atom stereocenters. The molecule has 0 fully saturated rings. The molecular formula is C19H18N4O3. The second-order valence-electron chi connectivity index (χ2n) is 5.29. The van der Waals surface area contributed by atoms with E-state index in [2.05, 4.69) is 15.4 Å². The van der Waals surface area contributed by atoms with Crippen LogP contribution in [0.15, 0.2) is 54.6 Å². The lowest BCUT2D eigenvalue weighted by Crippen LogP contribution is -2.14. The van der Waals surface area contributed by atoms with Gasteiger partial charge in [0.15, 0.2) is 5.70 Å². The Hall–Kier alpha value is -3.48. The number of benzene rings is 2. The number of esters is 1. The van der Waals surface area contributed by atoms with E-state index in [1.54, 1.807) is 20.1 Å².